The molecule has 0 saturated carbocycles. The number of ether oxygens (including phenoxy) is 1. The highest BCUT2D eigenvalue weighted by Gasteiger charge is 2.38. The van der Waals surface area contributed by atoms with E-state index in [1.54, 1.807) is 54.5 Å². The molecule has 4 heterocycles. The number of hydrogen-bond acceptors (Lipinski definition) is 7. The largest absolute Gasteiger partial charge is 0.573 e. The van der Waals surface area contributed by atoms with Gasteiger partial charge in [-0.05, 0) is 110 Å². The lowest BCUT2D eigenvalue weighted by atomic mass is 9.86. The topological polar surface area (TPSA) is 113 Å². The second-order valence-electron chi connectivity index (χ2n) is 15.4. The number of amides is 3. The average Bonchev–Trinajstić information content (AvgIpc) is 3.18. The number of hydrogen-bond donors (Lipinski definition) is 2. The molecule has 308 valence electrons. The Hall–Kier alpha value is -5.38. The first-order chi connectivity index (χ1) is 27.5. The number of benzene rings is 3. The number of alkyl halides is 6. The van der Waals surface area contributed by atoms with E-state index in [4.69, 9.17) is 0 Å². The predicted molar refractivity (Wildman–Crippen MR) is 204 cm³/mol. The second kappa shape index (κ2) is 16.5. The molecule has 1 atom stereocenters. The summed E-state index contributed by atoms with van der Waals surface area (Å²) in [5.74, 6) is -1.82. The number of pyridine rings is 1. The van der Waals surface area contributed by atoms with Crippen molar-refractivity contribution < 1.29 is 45.5 Å². The molecule has 16 heteroatoms. The Balaban J connectivity index is 0.941. The molecule has 0 bridgehead atoms. The van der Waals surface area contributed by atoms with Crippen LogP contribution in [0.1, 0.15) is 61.1 Å². The van der Waals surface area contributed by atoms with E-state index in [9.17, 15) is 45.5 Å². The van der Waals surface area contributed by atoms with Gasteiger partial charge in [-0.1, -0.05) is 36.4 Å². The molecule has 3 amide bonds. The van der Waals surface area contributed by atoms with Crippen LogP contribution >= 0.6 is 0 Å². The first-order valence-electron chi connectivity index (χ1n) is 19.3. The van der Waals surface area contributed by atoms with Crippen LogP contribution in [-0.2, 0) is 34.0 Å². The van der Waals surface area contributed by atoms with Gasteiger partial charge in [-0.3, -0.25) is 29.4 Å². The molecule has 1 unspecified atom stereocenters. The number of halogens is 6. The van der Waals surface area contributed by atoms with Crippen molar-refractivity contribution in [3.8, 4) is 16.9 Å². The summed E-state index contributed by atoms with van der Waals surface area (Å²) >= 11 is 0. The van der Waals surface area contributed by atoms with Gasteiger partial charge in [-0.25, -0.2) is 0 Å². The number of aromatic nitrogens is 1. The van der Waals surface area contributed by atoms with Crippen LogP contribution in [0.25, 0.3) is 21.9 Å². The molecule has 7 rings (SSSR count). The fourth-order valence-electron chi connectivity index (χ4n) is 8.43. The minimum atomic E-state index is -4.92. The molecular weight excluding hydrogens is 768 g/mol. The van der Waals surface area contributed by atoms with Gasteiger partial charge in [0.25, 0.3) is 5.56 Å². The Morgan fingerprint density at radius 3 is 2.24 bits per heavy atom. The molecule has 0 radical (unpaired) electrons. The smallest absolute Gasteiger partial charge is 0.405 e. The lowest BCUT2D eigenvalue weighted by Crippen LogP contribution is -2.47. The molecule has 3 fully saturated rings. The van der Waals surface area contributed by atoms with Crippen molar-refractivity contribution in [2.75, 3.05) is 38.0 Å². The number of likely N-dealkylation sites (tertiary alicyclic amines) is 2. The Labute approximate surface area is 330 Å². The zero-order chi connectivity index (χ0) is 41.4. The summed E-state index contributed by atoms with van der Waals surface area (Å²) in [5, 5.41) is 6.07. The van der Waals surface area contributed by atoms with Crippen molar-refractivity contribution in [2.24, 2.45) is 13.0 Å². The van der Waals surface area contributed by atoms with Crippen LogP contribution in [0.15, 0.2) is 71.7 Å². The second-order valence-corrected chi connectivity index (χ2v) is 15.4. The van der Waals surface area contributed by atoms with Gasteiger partial charge in [-0.2, -0.15) is 13.2 Å². The van der Waals surface area contributed by atoms with Crippen molar-refractivity contribution in [3.63, 3.8) is 0 Å². The number of rotatable bonds is 9. The molecule has 1 aromatic heterocycles. The molecule has 4 aromatic rings. The van der Waals surface area contributed by atoms with Crippen molar-refractivity contribution in [3.05, 3.63) is 93.9 Å². The molecule has 0 spiro atoms. The van der Waals surface area contributed by atoms with Gasteiger partial charge in [0.2, 0.25) is 17.7 Å². The van der Waals surface area contributed by atoms with Crippen LogP contribution in [-0.4, -0.2) is 77.2 Å². The van der Waals surface area contributed by atoms with E-state index in [0.29, 0.717) is 85.7 Å². The average molecular weight is 812 g/mol. The quantitative estimate of drug-likeness (QED) is 0.138. The number of fused-ring (bicyclic) bond motifs is 1. The van der Waals surface area contributed by atoms with Crippen LogP contribution in [0.2, 0.25) is 0 Å². The minimum absolute atomic E-state index is 0.0374. The fraction of sp³-hybridized carbons (Fsp3) is 0.429. The molecule has 3 aliphatic heterocycles. The monoisotopic (exact) mass is 811 g/mol. The van der Waals surface area contributed by atoms with E-state index in [0.717, 1.165) is 6.07 Å². The van der Waals surface area contributed by atoms with E-state index in [-0.39, 0.29) is 53.8 Å². The predicted octanol–water partition coefficient (Wildman–Crippen LogP) is 7.00. The number of imide groups is 1. The number of nitrogens with zero attached hydrogens (tertiary/aromatic N) is 3. The Morgan fingerprint density at radius 2 is 1.57 bits per heavy atom. The Bertz CT molecular complexity index is 2260. The molecule has 3 aromatic carbocycles. The SMILES string of the molecule is Cn1cc(-c2ccc(CC3CCN(CC(=O)N4CCC(c5ccc(NC6CCC(=O)NC6=O)cc5C(F)(F)F)CC4)CC3)c(OC(F)(F)F)c2)c2ccccc2c1=O. The number of aryl methyl sites for hydroxylation is 1. The fourth-order valence-corrected chi connectivity index (χ4v) is 8.43. The highest BCUT2D eigenvalue weighted by molar-refractivity contribution is 6.01. The molecule has 58 heavy (non-hydrogen) atoms. The van der Waals surface area contributed by atoms with Gasteiger partial charge in [0.15, 0.2) is 0 Å². The van der Waals surface area contributed by atoms with E-state index in [1.807, 2.05) is 4.90 Å². The third kappa shape index (κ3) is 9.32. The maximum atomic E-state index is 14.3. The highest BCUT2D eigenvalue weighted by atomic mass is 19.4. The first kappa shape index (κ1) is 40.8. The third-order valence-corrected chi connectivity index (χ3v) is 11.5. The first-order valence-corrected chi connectivity index (χ1v) is 19.3. The van der Waals surface area contributed by atoms with Gasteiger partial charge in [0.05, 0.1) is 12.1 Å². The van der Waals surface area contributed by atoms with Gasteiger partial charge in [0.1, 0.15) is 11.8 Å². The van der Waals surface area contributed by atoms with Crippen LogP contribution in [0.5, 0.6) is 5.75 Å². The van der Waals surface area contributed by atoms with E-state index in [1.165, 1.54) is 22.8 Å². The van der Waals surface area contributed by atoms with Gasteiger partial charge < -0.3 is 19.5 Å². The zero-order valence-electron chi connectivity index (χ0n) is 31.7. The summed E-state index contributed by atoms with van der Waals surface area (Å²) in [7, 11) is 1.59. The summed E-state index contributed by atoms with van der Waals surface area (Å²) in [4.78, 5) is 53.3. The number of nitrogens with one attached hydrogen (secondary N) is 2. The van der Waals surface area contributed by atoms with Crippen LogP contribution in [0, 0.1) is 5.92 Å². The van der Waals surface area contributed by atoms with Crippen molar-refractivity contribution in [2.45, 2.75) is 69.4 Å². The summed E-state index contributed by atoms with van der Waals surface area (Å²) in [6.07, 6.45) is -5.39. The Kier molecular flexibility index (Phi) is 11.6. The number of piperidine rings is 3. The third-order valence-electron chi connectivity index (χ3n) is 11.5. The molecule has 2 N–H and O–H groups in total. The van der Waals surface area contributed by atoms with Crippen LogP contribution < -0.4 is 20.9 Å². The molecule has 3 saturated heterocycles. The van der Waals surface area contributed by atoms with E-state index < -0.39 is 41.9 Å². The summed E-state index contributed by atoms with van der Waals surface area (Å²) < 4.78 is 89.6. The van der Waals surface area contributed by atoms with E-state index >= 15 is 0 Å². The normalized spacial score (nSPS) is 19.0. The summed E-state index contributed by atoms with van der Waals surface area (Å²) in [5.41, 5.74) is 0.719. The minimum Gasteiger partial charge on any atom is -0.405 e. The van der Waals surface area contributed by atoms with Gasteiger partial charge in [-0.15, -0.1) is 13.2 Å². The summed E-state index contributed by atoms with van der Waals surface area (Å²) in [6.45, 7) is 1.83. The molecular formula is C42H43F6N5O5. The number of carbonyl (C=O) groups is 3. The van der Waals surface area contributed by atoms with Crippen molar-refractivity contribution in [1.82, 2.24) is 19.7 Å². The zero-order valence-corrected chi connectivity index (χ0v) is 31.7. The maximum absolute atomic E-state index is 14.3. The van der Waals surface area contributed by atoms with Crippen LogP contribution in [0.4, 0.5) is 32.0 Å². The lowest BCUT2D eigenvalue weighted by molar-refractivity contribution is -0.274. The number of carbonyl (C=O) groups excluding carboxylic acids is 3. The van der Waals surface area contributed by atoms with Crippen molar-refractivity contribution >= 4 is 34.2 Å². The molecule has 0 aliphatic carbocycles. The summed E-state index contributed by atoms with van der Waals surface area (Å²) in [6, 6.07) is 14.8. The van der Waals surface area contributed by atoms with Crippen molar-refractivity contribution in [1.29, 1.82) is 0 Å². The maximum Gasteiger partial charge on any atom is 0.573 e. The standard InChI is InChI=1S/C42H43F6N5O5/c1-51-23-33(31-4-2-3-5-32(31)40(51)57)27-6-7-28(36(21-27)58-42(46,47)48)20-25-12-16-52(17-13-25)24-38(55)53-18-14-26(15-19-53)30-9-8-29(22-34(30)41(43,44)45)49-35-10-11-37(54)50-39(35)56/h2-9,21-23,25-26,35,49H,10-20,24H2,1H3,(H,50,54,56). The van der Waals surface area contributed by atoms with Gasteiger partial charge in [0, 0.05) is 49.4 Å². The highest BCUT2D eigenvalue weighted by Crippen LogP contribution is 2.41. The van der Waals surface area contributed by atoms with Gasteiger partial charge >= 0.3 is 12.5 Å². The molecule has 10 nitrogen and oxygen atoms in total. The lowest BCUT2D eigenvalue weighted by Gasteiger charge is -2.36. The molecule has 3 aliphatic rings. The van der Waals surface area contributed by atoms with Crippen LogP contribution in [0.3, 0.4) is 0 Å². The van der Waals surface area contributed by atoms with E-state index in [2.05, 4.69) is 15.4 Å². The Morgan fingerprint density at radius 1 is 0.862 bits per heavy atom. The number of anilines is 1.